The fraction of sp³-hybridized carbons (Fsp3) is 0.333. The molecular formula is C12H15N3O3S. The monoisotopic (exact) mass is 281 g/mol. The number of aliphatic hydroxyl groups excluding tert-OH is 2. The van der Waals surface area contributed by atoms with Crippen LogP contribution < -0.4 is 5.73 Å². The molecule has 0 fully saturated rings. The van der Waals surface area contributed by atoms with Crippen LogP contribution in [0.3, 0.4) is 0 Å². The van der Waals surface area contributed by atoms with Gasteiger partial charge >= 0.3 is 0 Å². The molecule has 7 heteroatoms. The average molecular weight is 281 g/mol. The van der Waals surface area contributed by atoms with Crippen molar-refractivity contribution in [3.05, 3.63) is 23.8 Å². The van der Waals surface area contributed by atoms with Crippen molar-refractivity contribution in [1.82, 2.24) is 9.88 Å². The molecule has 4 N–H and O–H groups in total. The van der Waals surface area contributed by atoms with Crippen molar-refractivity contribution >= 4 is 32.6 Å². The lowest BCUT2D eigenvalue weighted by Crippen LogP contribution is -2.35. The maximum atomic E-state index is 12.2. The van der Waals surface area contributed by atoms with Gasteiger partial charge in [-0.3, -0.25) is 4.79 Å². The molecule has 1 amide bonds. The number of nitrogen functional groups attached to an aromatic ring is 1. The molecule has 0 radical (unpaired) electrons. The Bertz CT molecular complexity index is 579. The maximum absolute atomic E-state index is 12.2. The van der Waals surface area contributed by atoms with Crippen LogP contribution >= 0.6 is 11.3 Å². The number of aliphatic hydroxyl groups is 2. The van der Waals surface area contributed by atoms with E-state index in [-0.39, 0.29) is 32.2 Å². The van der Waals surface area contributed by atoms with Crippen LogP contribution in [-0.4, -0.2) is 52.3 Å². The molecule has 6 nitrogen and oxygen atoms in total. The van der Waals surface area contributed by atoms with Crippen LogP contribution in [0.4, 0.5) is 5.13 Å². The first-order valence-electron chi connectivity index (χ1n) is 5.82. The number of hydrogen-bond donors (Lipinski definition) is 3. The summed E-state index contributed by atoms with van der Waals surface area (Å²) < 4.78 is 0.844. The Balaban J connectivity index is 2.28. The molecule has 0 atom stereocenters. The molecule has 0 aliphatic heterocycles. The van der Waals surface area contributed by atoms with Gasteiger partial charge < -0.3 is 20.8 Å². The molecule has 1 aromatic heterocycles. The number of carbonyl (C=O) groups excluding carboxylic acids is 1. The van der Waals surface area contributed by atoms with Crippen molar-refractivity contribution in [3.63, 3.8) is 0 Å². The van der Waals surface area contributed by atoms with E-state index in [1.165, 1.54) is 16.2 Å². The fourth-order valence-electron chi connectivity index (χ4n) is 1.81. The summed E-state index contributed by atoms with van der Waals surface area (Å²) in [4.78, 5) is 17.8. The van der Waals surface area contributed by atoms with Gasteiger partial charge in [-0.25, -0.2) is 4.98 Å². The normalized spacial score (nSPS) is 10.8. The first-order chi connectivity index (χ1) is 9.15. The van der Waals surface area contributed by atoms with Gasteiger partial charge in [0.15, 0.2) is 5.13 Å². The number of aromatic nitrogens is 1. The molecule has 0 saturated heterocycles. The topological polar surface area (TPSA) is 99.7 Å². The minimum Gasteiger partial charge on any atom is -0.395 e. The largest absolute Gasteiger partial charge is 0.395 e. The number of thiazole rings is 1. The third kappa shape index (κ3) is 3.01. The number of carbonyl (C=O) groups is 1. The number of nitrogens with zero attached hydrogens (tertiary/aromatic N) is 2. The molecule has 0 bridgehead atoms. The number of benzene rings is 1. The summed E-state index contributed by atoms with van der Waals surface area (Å²) in [5, 5.41) is 18.3. The first kappa shape index (κ1) is 13.7. The second-order valence-corrected chi connectivity index (χ2v) is 5.04. The van der Waals surface area contributed by atoms with Crippen molar-refractivity contribution < 1.29 is 15.0 Å². The minimum absolute atomic E-state index is 0.137. The maximum Gasteiger partial charge on any atom is 0.254 e. The Labute approximate surface area is 114 Å². The van der Waals surface area contributed by atoms with E-state index < -0.39 is 0 Å². The summed E-state index contributed by atoms with van der Waals surface area (Å²) in [6.45, 7) is 0.119. The molecule has 0 unspecified atom stereocenters. The summed E-state index contributed by atoms with van der Waals surface area (Å²) in [5.41, 5.74) is 6.88. The summed E-state index contributed by atoms with van der Waals surface area (Å²) in [6, 6.07) is 5.14. The van der Waals surface area contributed by atoms with Crippen LogP contribution in [0, 0.1) is 0 Å². The average Bonchev–Trinajstić information content (AvgIpc) is 2.76. The van der Waals surface area contributed by atoms with Gasteiger partial charge in [0.25, 0.3) is 5.91 Å². The standard InChI is InChI=1S/C12H15N3O3S/c13-12-14-9-2-1-8(7-10(9)19-12)11(18)15(3-5-16)4-6-17/h1-2,7,16-17H,3-6H2,(H2,13,14). The Morgan fingerprint density at radius 2 is 2.00 bits per heavy atom. The Morgan fingerprint density at radius 1 is 1.32 bits per heavy atom. The van der Waals surface area contributed by atoms with E-state index >= 15 is 0 Å². The van der Waals surface area contributed by atoms with Crippen LogP contribution in [0.25, 0.3) is 10.2 Å². The summed E-state index contributed by atoms with van der Waals surface area (Å²) >= 11 is 1.32. The van der Waals surface area contributed by atoms with Crippen molar-refractivity contribution in [2.75, 3.05) is 32.0 Å². The molecule has 2 rings (SSSR count). The zero-order valence-electron chi connectivity index (χ0n) is 10.2. The highest BCUT2D eigenvalue weighted by atomic mass is 32.1. The Hall–Kier alpha value is -1.70. The summed E-state index contributed by atoms with van der Waals surface area (Å²) in [6.07, 6.45) is 0. The Morgan fingerprint density at radius 3 is 2.63 bits per heavy atom. The fourth-order valence-corrected chi connectivity index (χ4v) is 2.59. The minimum atomic E-state index is -0.225. The zero-order chi connectivity index (χ0) is 13.8. The molecule has 1 heterocycles. The molecule has 0 aliphatic carbocycles. The van der Waals surface area contributed by atoms with E-state index in [1.54, 1.807) is 18.2 Å². The lowest BCUT2D eigenvalue weighted by Gasteiger charge is -2.20. The van der Waals surface area contributed by atoms with E-state index in [0.29, 0.717) is 10.7 Å². The van der Waals surface area contributed by atoms with Gasteiger partial charge in [-0.2, -0.15) is 0 Å². The molecule has 1 aromatic carbocycles. The highest BCUT2D eigenvalue weighted by molar-refractivity contribution is 7.22. The van der Waals surface area contributed by atoms with Gasteiger partial charge in [-0.15, -0.1) is 0 Å². The van der Waals surface area contributed by atoms with E-state index in [9.17, 15) is 4.79 Å². The van der Waals surface area contributed by atoms with Crippen molar-refractivity contribution in [2.24, 2.45) is 0 Å². The third-order valence-electron chi connectivity index (χ3n) is 2.68. The molecule has 0 saturated carbocycles. The van der Waals surface area contributed by atoms with Gasteiger partial charge in [0.2, 0.25) is 0 Å². The first-order valence-corrected chi connectivity index (χ1v) is 6.64. The van der Waals surface area contributed by atoms with Crippen LogP contribution in [0.1, 0.15) is 10.4 Å². The smallest absolute Gasteiger partial charge is 0.254 e. The van der Waals surface area contributed by atoms with Gasteiger partial charge in [-0.1, -0.05) is 11.3 Å². The molecule has 2 aromatic rings. The molecular weight excluding hydrogens is 266 g/mol. The lowest BCUT2D eigenvalue weighted by molar-refractivity contribution is 0.0685. The number of amides is 1. The highest BCUT2D eigenvalue weighted by Crippen LogP contribution is 2.25. The predicted octanol–water partition coefficient (Wildman–Crippen LogP) is 0.305. The van der Waals surface area contributed by atoms with Crippen molar-refractivity contribution in [3.8, 4) is 0 Å². The van der Waals surface area contributed by atoms with Crippen LogP contribution in [0.2, 0.25) is 0 Å². The SMILES string of the molecule is Nc1nc2ccc(C(=O)N(CCO)CCO)cc2s1. The van der Waals surface area contributed by atoms with E-state index in [1.807, 2.05) is 0 Å². The van der Waals surface area contributed by atoms with Crippen LogP contribution in [0.15, 0.2) is 18.2 Å². The van der Waals surface area contributed by atoms with E-state index in [2.05, 4.69) is 4.98 Å². The van der Waals surface area contributed by atoms with E-state index in [0.717, 1.165) is 10.2 Å². The lowest BCUT2D eigenvalue weighted by atomic mass is 10.2. The number of hydrogen-bond acceptors (Lipinski definition) is 6. The second-order valence-electron chi connectivity index (χ2n) is 3.97. The predicted molar refractivity (Wildman–Crippen MR) is 74.1 cm³/mol. The number of rotatable bonds is 5. The van der Waals surface area contributed by atoms with E-state index in [4.69, 9.17) is 15.9 Å². The number of fused-ring (bicyclic) bond motifs is 1. The number of anilines is 1. The molecule has 19 heavy (non-hydrogen) atoms. The quantitative estimate of drug-likeness (QED) is 0.732. The zero-order valence-corrected chi connectivity index (χ0v) is 11.1. The molecule has 0 spiro atoms. The summed E-state index contributed by atoms with van der Waals surface area (Å²) in [7, 11) is 0. The molecule has 102 valence electrons. The van der Waals surface area contributed by atoms with Crippen molar-refractivity contribution in [1.29, 1.82) is 0 Å². The van der Waals surface area contributed by atoms with Gasteiger partial charge in [-0.05, 0) is 18.2 Å². The van der Waals surface area contributed by atoms with Crippen LogP contribution in [-0.2, 0) is 0 Å². The highest BCUT2D eigenvalue weighted by Gasteiger charge is 2.15. The van der Waals surface area contributed by atoms with Gasteiger partial charge in [0.05, 0.1) is 23.4 Å². The molecule has 0 aliphatic rings. The number of nitrogens with two attached hydrogens (primary N) is 1. The van der Waals surface area contributed by atoms with Crippen LogP contribution in [0.5, 0.6) is 0 Å². The van der Waals surface area contributed by atoms with Gasteiger partial charge in [0, 0.05) is 18.7 Å². The second kappa shape index (κ2) is 5.96. The Kier molecular flexibility index (Phi) is 4.31. The van der Waals surface area contributed by atoms with Crippen molar-refractivity contribution in [2.45, 2.75) is 0 Å². The van der Waals surface area contributed by atoms with Gasteiger partial charge in [0.1, 0.15) is 0 Å². The summed E-state index contributed by atoms with van der Waals surface area (Å²) in [5.74, 6) is -0.225. The third-order valence-corrected chi connectivity index (χ3v) is 3.53.